The highest BCUT2D eigenvalue weighted by molar-refractivity contribution is 5.77. The molecule has 0 aromatic heterocycles. The Morgan fingerprint density at radius 1 is 1.29 bits per heavy atom. The predicted octanol–water partition coefficient (Wildman–Crippen LogP) is 1.81. The number of rotatable bonds is 5. The second kappa shape index (κ2) is 6.54. The summed E-state index contributed by atoms with van der Waals surface area (Å²) in [6.07, 6.45) is 0. The van der Waals surface area contributed by atoms with Gasteiger partial charge in [-0.1, -0.05) is 0 Å². The number of hydrogen-bond acceptors (Lipinski definition) is 3. The van der Waals surface area contributed by atoms with E-state index in [1.54, 1.807) is 29.2 Å². The van der Waals surface area contributed by atoms with Crippen molar-refractivity contribution in [2.75, 3.05) is 19.7 Å². The Labute approximate surface area is 101 Å². The summed E-state index contributed by atoms with van der Waals surface area (Å²) in [5.74, 6) is 0.573. The first-order chi connectivity index (χ1) is 8.21. The number of amides is 1. The maximum Gasteiger partial charge on any atom is 0.260 e. The largest absolute Gasteiger partial charge is 0.484 e. The van der Waals surface area contributed by atoms with E-state index in [1.165, 1.54) is 0 Å². The van der Waals surface area contributed by atoms with Gasteiger partial charge in [-0.2, -0.15) is 5.26 Å². The molecule has 0 atom stereocenters. The molecule has 0 spiro atoms. The standard InChI is InChI=1S/C13H16N2O2/c1-3-15(4-2)13(16)10-17-12-7-5-11(9-14)6-8-12/h5-8H,3-4,10H2,1-2H3. The summed E-state index contributed by atoms with van der Waals surface area (Å²) >= 11 is 0. The summed E-state index contributed by atoms with van der Waals surface area (Å²) in [4.78, 5) is 13.4. The van der Waals surface area contributed by atoms with Crippen LogP contribution < -0.4 is 4.74 Å². The topological polar surface area (TPSA) is 53.3 Å². The minimum Gasteiger partial charge on any atom is -0.484 e. The molecular weight excluding hydrogens is 216 g/mol. The molecule has 0 fully saturated rings. The maximum absolute atomic E-state index is 11.7. The highest BCUT2D eigenvalue weighted by Crippen LogP contribution is 2.11. The highest BCUT2D eigenvalue weighted by Gasteiger charge is 2.09. The monoisotopic (exact) mass is 232 g/mol. The average molecular weight is 232 g/mol. The van der Waals surface area contributed by atoms with Crippen molar-refractivity contribution in [3.63, 3.8) is 0 Å². The smallest absolute Gasteiger partial charge is 0.260 e. The number of hydrogen-bond donors (Lipinski definition) is 0. The SMILES string of the molecule is CCN(CC)C(=O)COc1ccc(C#N)cc1. The molecule has 1 amide bonds. The molecule has 1 rings (SSSR count). The van der Waals surface area contributed by atoms with Crippen molar-refractivity contribution in [2.45, 2.75) is 13.8 Å². The van der Waals surface area contributed by atoms with E-state index in [0.717, 1.165) is 0 Å². The van der Waals surface area contributed by atoms with Crippen LogP contribution in [0.4, 0.5) is 0 Å². The number of ether oxygens (including phenoxy) is 1. The number of nitriles is 1. The van der Waals surface area contributed by atoms with Gasteiger partial charge in [0, 0.05) is 13.1 Å². The molecule has 0 unspecified atom stereocenters. The molecule has 0 bridgehead atoms. The fourth-order valence-electron chi connectivity index (χ4n) is 1.44. The van der Waals surface area contributed by atoms with Crippen LogP contribution in [-0.2, 0) is 4.79 Å². The minimum absolute atomic E-state index is 0.0284. The van der Waals surface area contributed by atoms with Gasteiger partial charge in [-0.05, 0) is 38.1 Å². The second-order valence-electron chi connectivity index (χ2n) is 3.49. The van der Waals surface area contributed by atoms with Crippen LogP contribution in [0.1, 0.15) is 19.4 Å². The van der Waals surface area contributed by atoms with E-state index in [1.807, 2.05) is 19.9 Å². The van der Waals surface area contributed by atoms with Crippen LogP contribution >= 0.6 is 0 Å². The quantitative estimate of drug-likeness (QED) is 0.778. The van der Waals surface area contributed by atoms with Gasteiger partial charge in [-0.3, -0.25) is 4.79 Å². The van der Waals surface area contributed by atoms with Crippen molar-refractivity contribution in [3.8, 4) is 11.8 Å². The number of likely N-dealkylation sites (N-methyl/N-ethyl adjacent to an activating group) is 1. The second-order valence-corrected chi connectivity index (χ2v) is 3.49. The summed E-state index contributed by atoms with van der Waals surface area (Å²) in [6.45, 7) is 5.28. The lowest BCUT2D eigenvalue weighted by Gasteiger charge is -2.18. The molecule has 1 aromatic carbocycles. The lowest BCUT2D eigenvalue weighted by molar-refractivity contribution is -0.132. The van der Waals surface area contributed by atoms with Gasteiger partial charge in [0.2, 0.25) is 0 Å². The summed E-state index contributed by atoms with van der Waals surface area (Å²) in [5.41, 5.74) is 0.576. The number of nitrogens with zero attached hydrogens (tertiary/aromatic N) is 2. The lowest BCUT2D eigenvalue weighted by Crippen LogP contribution is -2.34. The summed E-state index contributed by atoms with van der Waals surface area (Å²) in [6, 6.07) is 8.73. The van der Waals surface area contributed by atoms with Crippen molar-refractivity contribution in [3.05, 3.63) is 29.8 Å². The molecule has 0 heterocycles. The molecule has 0 saturated heterocycles. The molecule has 0 aliphatic heterocycles. The molecule has 4 nitrogen and oxygen atoms in total. The first kappa shape index (κ1) is 13.0. The maximum atomic E-state index is 11.7. The minimum atomic E-state index is -0.0284. The molecule has 90 valence electrons. The average Bonchev–Trinajstić information content (AvgIpc) is 2.38. The summed E-state index contributed by atoms with van der Waals surface area (Å²) < 4.78 is 5.35. The van der Waals surface area contributed by atoms with Crippen LogP contribution in [0.2, 0.25) is 0 Å². The van der Waals surface area contributed by atoms with Crippen molar-refractivity contribution in [2.24, 2.45) is 0 Å². The zero-order valence-corrected chi connectivity index (χ0v) is 10.1. The van der Waals surface area contributed by atoms with E-state index in [-0.39, 0.29) is 12.5 Å². The Hall–Kier alpha value is -2.02. The van der Waals surface area contributed by atoms with Crippen LogP contribution in [0.25, 0.3) is 0 Å². The molecule has 0 aliphatic carbocycles. The summed E-state index contributed by atoms with van der Waals surface area (Å²) in [7, 11) is 0. The first-order valence-corrected chi connectivity index (χ1v) is 5.62. The van der Waals surface area contributed by atoms with Crippen molar-refractivity contribution in [1.29, 1.82) is 5.26 Å². The molecule has 4 heteroatoms. The third-order valence-electron chi connectivity index (χ3n) is 2.46. The Morgan fingerprint density at radius 2 is 1.88 bits per heavy atom. The van der Waals surface area contributed by atoms with Gasteiger partial charge in [0.1, 0.15) is 5.75 Å². The van der Waals surface area contributed by atoms with E-state index in [4.69, 9.17) is 10.00 Å². The molecular formula is C13H16N2O2. The van der Waals surface area contributed by atoms with E-state index < -0.39 is 0 Å². The van der Waals surface area contributed by atoms with Crippen LogP contribution in [0, 0.1) is 11.3 Å². The zero-order valence-electron chi connectivity index (χ0n) is 10.1. The molecule has 0 saturated carbocycles. The van der Waals surface area contributed by atoms with Gasteiger partial charge in [0.15, 0.2) is 6.61 Å². The number of benzene rings is 1. The Bertz CT molecular complexity index is 402. The van der Waals surface area contributed by atoms with Crippen molar-refractivity contribution < 1.29 is 9.53 Å². The Morgan fingerprint density at radius 3 is 2.35 bits per heavy atom. The summed E-state index contributed by atoms with van der Waals surface area (Å²) in [5, 5.41) is 8.63. The molecule has 0 radical (unpaired) electrons. The Balaban J connectivity index is 2.50. The highest BCUT2D eigenvalue weighted by atomic mass is 16.5. The van der Waals surface area contributed by atoms with Gasteiger partial charge in [0.05, 0.1) is 11.6 Å². The molecule has 17 heavy (non-hydrogen) atoms. The van der Waals surface area contributed by atoms with Crippen LogP contribution in [0.15, 0.2) is 24.3 Å². The zero-order chi connectivity index (χ0) is 12.7. The Kier molecular flexibility index (Phi) is 5.02. The van der Waals surface area contributed by atoms with Crippen molar-refractivity contribution in [1.82, 2.24) is 4.90 Å². The van der Waals surface area contributed by atoms with Gasteiger partial charge >= 0.3 is 0 Å². The van der Waals surface area contributed by atoms with Gasteiger partial charge in [-0.15, -0.1) is 0 Å². The van der Waals surface area contributed by atoms with E-state index in [0.29, 0.717) is 24.4 Å². The van der Waals surface area contributed by atoms with Crippen LogP contribution in [0.5, 0.6) is 5.75 Å². The molecule has 0 N–H and O–H groups in total. The molecule has 1 aromatic rings. The van der Waals surface area contributed by atoms with Crippen LogP contribution in [0.3, 0.4) is 0 Å². The molecule has 0 aliphatic rings. The number of carbonyl (C=O) groups is 1. The predicted molar refractivity (Wildman–Crippen MR) is 64.6 cm³/mol. The van der Waals surface area contributed by atoms with Crippen LogP contribution in [-0.4, -0.2) is 30.5 Å². The fraction of sp³-hybridized carbons (Fsp3) is 0.385. The van der Waals surface area contributed by atoms with E-state index in [9.17, 15) is 4.79 Å². The van der Waals surface area contributed by atoms with Gasteiger partial charge in [0.25, 0.3) is 5.91 Å². The first-order valence-electron chi connectivity index (χ1n) is 5.62. The lowest BCUT2D eigenvalue weighted by atomic mass is 10.2. The van der Waals surface area contributed by atoms with Crippen molar-refractivity contribution >= 4 is 5.91 Å². The van der Waals surface area contributed by atoms with E-state index in [2.05, 4.69) is 0 Å². The van der Waals surface area contributed by atoms with Gasteiger partial charge in [-0.25, -0.2) is 0 Å². The third kappa shape index (κ3) is 3.80. The number of carbonyl (C=O) groups excluding carboxylic acids is 1. The normalized spacial score (nSPS) is 9.47. The third-order valence-corrected chi connectivity index (χ3v) is 2.46. The van der Waals surface area contributed by atoms with E-state index >= 15 is 0 Å². The fourth-order valence-corrected chi connectivity index (χ4v) is 1.44. The van der Waals surface area contributed by atoms with Gasteiger partial charge < -0.3 is 9.64 Å².